The molecule has 0 bridgehead atoms. The van der Waals surface area contributed by atoms with Crippen molar-refractivity contribution in [2.75, 3.05) is 13.4 Å². The fourth-order valence-electron chi connectivity index (χ4n) is 5.13. The van der Waals surface area contributed by atoms with E-state index in [0.29, 0.717) is 24.3 Å². The summed E-state index contributed by atoms with van der Waals surface area (Å²) >= 11 is 0. The van der Waals surface area contributed by atoms with Crippen LogP contribution in [0.1, 0.15) is 49.3 Å². The summed E-state index contributed by atoms with van der Waals surface area (Å²) in [4.78, 5) is 13.6. The molecular formula is C30H33NO6S. The van der Waals surface area contributed by atoms with E-state index in [1.165, 1.54) is 0 Å². The molecule has 3 aromatic rings. The van der Waals surface area contributed by atoms with E-state index in [1.807, 2.05) is 50.2 Å². The number of carbonyl (C=O) groups excluding carboxylic acids is 1. The van der Waals surface area contributed by atoms with Crippen LogP contribution in [0.2, 0.25) is 0 Å². The molecule has 8 heteroatoms. The number of benzene rings is 3. The van der Waals surface area contributed by atoms with Gasteiger partial charge in [-0.1, -0.05) is 49.7 Å². The molecule has 2 aliphatic rings. The average molecular weight is 536 g/mol. The van der Waals surface area contributed by atoms with Crippen molar-refractivity contribution in [3.8, 4) is 22.6 Å². The van der Waals surface area contributed by atoms with Crippen LogP contribution in [-0.2, 0) is 26.7 Å². The van der Waals surface area contributed by atoms with Crippen molar-refractivity contribution in [1.82, 2.24) is 4.72 Å². The SMILES string of the molecule is CCC[C@H](CO)NS(=O)(=O)c1ccc(-c2cc(CC(=O)C3(c4ccc5c(c4)OCO5)CC3)ccc2C)cc1. The Morgan fingerprint density at radius 2 is 1.76 bits per heavy atom. The number of fused-ring (bicyclic) bond motifs is 1. The molecule has 1 fully saturated rings. The second kappa shape index (κ2) is 10.5. The lowest BCUT2D eigenvalue weighted by atomic mass is 9.87. The summed E-state index contributed by atoms with van der Waals surface area (Å²) in [5.74, 6) is 1.59. The van der Waals surface area contributed by atoms with E-state index in [2.05, 4.69) is 4.72 Å². The number of nitrogens with one attached hydrogen (secondary N) is 1. The predicted octanol–water partition coefficient (Wildman–Crippen LogP) is 4.67. The molecular weight excluding hydrogens is 502 g/mol. The molecule has 1 aliphatic heterocycles. The van der Waals surface area contributed by atoms with Gasteiger partial charge in [-0.3, -0.25) is 4.79 Å². The van der Waals surface area contributed by atoms with Gasteiger partial charge in [0.2, 0.25) is 16.8 Å². The van der Waals surface area contributed by atoms with Crippen molar-refractivity contribution in [3.63, 3.8) is 0 Å². The standard InChI is InChI=1S/C30H33NO6S/c1-3-4-24(18-32)31-38(34,35)25-10-7-22(8-11-25)26-15-21(6-5-20(26)2)16-29(33)30(13-14-30)23-9-12-27-28(17-23)37-19-36-27/h5-12,15,17,24,31-32H,3-4,13-14,16,18-19H2,1-2H3/t24-/m1/s1. The van der Waals surface area contributed by atoms with E-state index in [4.69, 9.17) is 9.47 Å². The Labute approximate surface area is 223 Å². The summed E-state index contributed by atoms with van der Waals surface area (Å²) in [6.07, 6.45) is 3.29. The molecule has 0 amide bonds. The van der Waals surface area contributed by atoms with E-state index >= 15 is 0 Å². The lowest BCUT2D eigenvalue weighted by Crippen LogP contribution is -2.37. The Morgan fingerprint density at radius 1 is 1.03 bits per heavy atom. The Kier molecular flexibility index (Phi) is 7.31. The number of hydrogen-bond acceptors (Lipinski definition) is 6. The molecule has 0 aromatic heterocycles. The normalized spacial score (nSPS) is 16.3. The molecule has 1 saturated carbocycles. The summed E-state index contributed by atoms with van der Waals surface area (Å²) < 4.78 is 39.1. The molecule has 200 valence electrons. The second-order valence-electron chi connectivity index (χ2n) is 10.2. The fraction of sp³-hybridized carbons (Fsp3) is 0.367. The smallest absolute Gasteiger partial charge is 0.240 e. The fourth-order valence-corrected chi connectivity index (χ4v) is 6.39. The number of hydrogen-bond donors (Lipinski definition) is 2. The third-order valence-corrected chi connectivity index (χ3v) is 9.07. The molecule has 1 atom stereocenters. The molecule has 0 unspecified atom stereocenters. The monoisotopic (exact) mass is 535 g/mol. The zero-order valence-corrected chi connectivity index (χ0v) is 22.5. The molecule has 0 radical (unpaired) electrons. The van der Waals surface area contributed by atoms with Gasteiger partial charge < -0.3 is 14.6 Å². The summed E-state index contributed by atoms with van der Waals surface area (Å²) in [6, 6.07) is 18.0. The number of ether oxygens (including phenoxy) is 2. The highest BCUT2D eigenvalue weighted by molar-refractivity contribution is 7.89. The van der Waals surface area contributed by atoms with Gasteiger partial charge in [0.05, 0.1) is 16.9 Å². The van der Waals surface area contributed by atoms with Gasteiger partial charge in [0, 0.05) is 12.5 Å². The number of aliphatic hydroxyl groups is 1. The maximum atomic E-state index is 13.5. The maximum Gasteiger partial charge on any atom is 0.240 e. The minimum Gasteiger partial charge on any atom is -0.454 e. The lowest BCUT2D eigenvalue weighted by Gasteiger charge is -2.17. The number of sulfonamides is 1. The molecule has 1 aliphatic carbocycles. The minimum atomic E-state index is -3.74. The minimum absolute atomic E-state index is 0.152. The Morgan fingerprint density at radius 3 is 2.45 bits per heavy atom. The van der Waals surface area contributed by atoms with Gasteiger partial charge in [-0.15, -0.1) is 0 Å². The summed E-state index contributed by atoms with van der Waals surface area (Å²) in [5.41, 5.74) is 4.30. The van der Waals surface area contributed by atoms with Gasteiger partial charge in [0.1, 0.15) is 5.78 Å². The Bertz CT molecular complexity index is 1440. The van der Waals surface area contributed by atoms with Crippen molar-refractivity contribution in [2.45, 2.75) is 62.3 Å². The maximum absolute atomic E-state index is 13.5. The number of Topliss-reactive ketones (excluding diaryl/α,β-unsaturated/α-hetero) is 1. The zero-order chi connectivity index (χ0) is 26.9. The third kappa shape index (κ3) is 5.21. The number of ketones is 1. The van der Waals surface area contributed by atoms with Gasteiger partial charge >= 0.3 is 0 Å². The quantitative estimate of drug-likeness (QED) is 0.370. The first-order chi connectivity index (χ1) is 18.3. The van der Waals surface area contributed by atoms with Gasteiger partial charge in [-0.25, -0.2) is 13.1 Å². The molecule has 3 aromatic carbocycles. The zero-order valence-electron chi connectivity index (χ0n) is 21.7. The van der Waals surface area contributed by atoms with E-state index in [9.17, 15) is 18.3 Å². The van der Waals surface area contributed by atoms with E-state index in [-0.39, 0.29) is 24.1 Å². The lowest BCUT2D eigenvalue weighted by molar-refractivity contribution is -0.120. The van der Waals surface area contributed by atoms with Gasteiger partial charge in [-0.2, -0.15) is 0 Å². The van der Waals surface area contributed by atoms with Crippen LogP contribution in [0.25, 0.3) is 11.1 Å². The van der Waals surface area contributed by atoms with Crippen molar-refractivity contribution < 1.29 is 27.8 Å². The number of aryl methyl sites for hydroxylation is 1. The molecule has 7 nitrogen and oxygen atoms in total. The Hall–Kier alpha value is -3.20. The molecule has 0 saturated heterocycles. The van der Waals surface area contributed by atoms with Gasteiger partial charge in [0.25, 0.3) is 0 Å². The summed E-state index contributed by atoms with van der Waals surface area (Å²) in [7, 11) is -3.74. The van der Waals surface area contributed by atoms with Gasteiger partial charge in [-0.05, 0) is 78.3 Å². The first-order valence-electron chi connectivity index (χ1n) is 13.0. The summed E-state index contributed by atoms with van der Waals surface area (Å²) in [5, 5.41) is 9.47. The van der Waals surface area contributed by atoms with Crippen molar-refractivity contribution in [1.29, 1.82) is 0 Å². The van der Waals surface area contributed by atoms with E-state index in [1.54, 1.807) is 24.3 Å². The van der Waals surface area contributed by atoms with E-state index in [0.717, 1.165) is 47.1 Å². The van der Waals surface area contributed by atoms with Crippen molar-refractivity contribution in [2.24, 2.45) is 0 Å². The van der Waals surface area contributed by atoms with Crippen molar-refractivity contribution in [3.05, 3.63) is 77.4 Å². The second-order valence-corrected chi connectivity index (χ2v) is 11.9. The topological polar surface area (TPSA) is 102 Å². The molecule has 5 rings (SSSR count). The molecule has 1 heterocycles. The van der Waals surface area contributed by atoms with Crippen LogP contribution in [0.15, 0.2) is 65.6 Å². The third-order valence-electron chi connectivity index (χ3n) is 7.53. The number of aliphatic hydroxyl groups excluding tert-OH is 1. The first kappa shape index (κ1) is 26.4. The molecule has 0 spiro atoms. The van der Waals surface area contributed by atoms with Crippen LogP contribution in [0, 0.1) is 6.92 Å². The van der Waals surface area contributed by atoms with Crippen LogP contribution < -0.4 is 14.2 Å². The van der Waals surface area contributed by atoms with Crippen molar-refractivity contribution >= 4 is 15.8 Å². The number of carbonyl (C=O) groups is 1. The van der Waals surface area contributed by atoms with Crippen LogP contribution in [0.4, 0.5) is 0 Å². The van der Waals surface area contributed by atoms with Crippen LogP contribution in [0.3, 0.4) is 0 Å². The van der Waals surface area contributed by atoms with Crippen LogP contribution in [0.5, 0.6) is 11.5 Å². The van der Waals surface area contributed by atoms with Crippen LogP contribution >= 0.6 is 0 Å². The highest BCUT2D eigenvalue weighted by Crippen LogP contribution is 2.51. The van der Waals surface area contributed by atoms with E-state index < -0.39 is 21.5 Å². The highest BCUT2D eigenvalue weighted by Gasteiger charge is 2.50. The predicted molar refractivity (Wildman–Crippen MR) is 145 cm³/mol. The first-order valence-corrected chi connectivity index (χ1v) is 14.5. The highest BCUT2D eigenvalue weighted by atomic mass is 32.2. The average Bonchev–Trinajstić information content (AvgIpc) is 3.60. The summed E-state index contributed by atoms with van der Waals surface area (Å²) in [6.45, 7) is 3.90. The largest absolute Gasteiger partial charge is 0.454 e. The Balaban J connectivity index is 1.33. The molecule has 38 heavy (non-hydrogen) atoms. The van der Waals surface area contributed by atoms with Gasteiger partial charge in [0.15, 0.2) is 11.5 Å². The molecule has 2 N–H and O–H groups in total. The number of rotatable bonds is 11. The van der Waals surface area contributed by atoms with Crippen LogP contribution in [-0.4, -0.2) is 38.7 Å².